The molecule has 2 rings (SSSR count). The fraction of sp³-hybridized carbons (Fsp3) is 0.818. The van der Waals surface area contributed by atoms with Crippen molar-refractivity contribution in [2.24, 2.45) is 5.92 Å². The molecule has 0 saturated carbocycles. The van der Waals surface area contributed by atoms with Gasteiger partial charge < -0.3 is 9.64 Å². The van der Waals surface area contributed by atoms with Crippen LogP contribution >= 0.6 is 0 Å². The highest BCUT2D eigenvalue weighted by atomic mass is 16.5. The Morgan fingerprint density at radius 2 is 2.33 bits per heavy atom. The molecule has 0 unspecified atom stereocenters. The summed E-state index contributed by atoms with van der Waals surface area (Å²) in [6.45, 7) is 2.80. The van der Waals surface area contributed by atoms with E-state index < -0.39 is 0 Å². The molecule has 0 N–H and O–H groups in total. The number of hydrogen-bond acceptors (Lipinski definition) is 3. The summed E-state index contributed by atoms with van der Waals surface area (Å²) >= 11 is 0. The van der Waals surface area contributed by atoms with Crippen LogP contribution in [0, 0.1) is 5.92 Å². The summed E-state index contributed by atoms with van der Waals surface area (Å²) in [6.07, 6.45) is 3.71. The Labute approximate surface area is 89.6 Å². The molecule has 84 valence electrons. The van der Waals surface area contributed by atoms with Crippen LogP contribution in [0.25, 0.3) is 0 Å². The molecular weight excluding hydrogens is 194 g/mol. The average Bonchev–Trinajstić information content (AvgIpc) is 2.58. The Morgan fingerprint density at radius 1 is 1.53 bits per heavy atom. The first kappa shape index (κ1) is 10.5. The van der Waals surface area contributed by atoms with E-state index in [0.717, 1.165) is 25.8 Å². The number of fused-ring (bicyclic) bond motifs is 1. The normalized spacial score (nSPS) is 30.2. The number of amides is 1. The van der Waals surface area contributed by atoms with Gasteiger partial charge in [0.05, 0.1) is 6.61 Å². The van der Waals surface area contributed by atoms with Crippen LogP contribution in [0.5, 0.6) is 0 Å². The summed E-state index contributed by atoms with van der Waals surface area (Å²) in [5.74, 6) is 0.401. The summed E-state index contributed by atoms with van der Waals surface area (Å²) in [6, 6.07) is 0.325. The second-order valence-corrected chi connectivity index (χ2v) is 4.40. The molecule has 1 amide bonds. The third kappa shape index (κ3) is 2.13. The van der Waals surface area contributed by atoms with Crippen LogP contribution in [0.3, 0.4) is 0 Å². The highest BCUT2D eigenvalue weighted by Crippen LogP contribution is 2.32. The molecule has 0 radical (unpaired) electrons. The lowest BCUT2D eigenvalue weighted by Crippen LogP contribution is -2.44. The minimum absolute atomic E-state index is 0.226. The van der Waals surface area contributed by atoms with Gasteiger partial charge in [0, 0.05) is 31.8 Å². The fourth-order valence-corrected chi connectivity index (χ4v) is 2.67. The van der Waals surface area contributed by atoms with Crippen LogP contribution in [-0.2, 0) is 14.3 Å². The Kier molecular flexibility index (Phi) is 2.93. The van der Waals surface area contributed by atoms with Crippen LogP contribution in [0.4, 0.5) is 0 Å². The molecule has 4 nitrogen and oxygen atoms in total. The number of hydrogen-bond donors (Lipinski definition) is 0. The number of nitrogens with zero attached hydrogens (tertiary/aromatic N) is 1. The lowest BCUT2D eigenvalue weighted by atomic mass is 9.90. The Morgan fingerprint density at radius 3 is 3.07 bits per heavy atom. The first-order chi connectivity index (χ1) is 7.18. The molecule has 2 atom stereocenters. The van der Waals surface area contributed by atoms with E-state index in [4.69, 9.17) is 4.74 Å². The minimum atomic E-state index is -0.226. The standard InChI is InChI=1S/C11H17NO3/c1-8(13)15-7-9-3-2-6-12-10(9)4-5-11(12)14/h9-10H,2-7H2,1H3/t9-,10-/m1/s1. The van der Waals surface area contributed by atoms with E-state index in [-0.39, 0.29) is 11.9 Å². The van der Waals surface area contributed by atoms with E-state index in [1.807, 2.05) is 4.90 Å². The van der Waals surface area contributed by atoms with Gasteiger partial charge in [-0.3, -0.25) is 9.59 Å². The van der Waals surface area contributed by atoms with Gasteiger partial charge in [0.15, 0.2) is 0 Å². The van der Waals surface area contributed by atoms with E-state index in [0.29, 0.717) is 25.0 Å². The molecule has 4 heteroatoms. The van der Waals surface area contributed by atoms with E-state index in [1.165, 1.54) is 6.92 Å². The van der Waals surface area contributed by atoms with Gasteiger partial charge >= 0.3 is 5.97 Å². The molecule has 0 aromatic heterocycles. The first-order valence-electron chi connectivity index (χ1n) is 5.61. The van der Waals surface area contributed by atoms with Crippen molar-refractivity contribution in [3.63, 3.8) is 0 Å². The zero-order valence-electron chi connectivity index (χ0n) is 9.07. The van der Waals surface area contributed by atoms with Gasteiger partial charge in [0.2, 0.25) is 5.91 Å². The number of rotatable bonds is 2. The number of carbonyl (C=O) groups is 2. The predicted molar refractivity (Wildman–Crippen MR) is 54.1 cm³/mol. The minimum Gasteiger partial charge on any atom is -0.465 e. The molecular formula is C11H17NO3. The van der Waals surface area contributed by atoms with Crippen LogP contribution in [0.15, 0.2) is 0 Å². The van der Waals surface area contributed by atoms with Crippen molar-refractivity contribution in [3.8, 4) is 0 Å². The van der Waals surface area contributed by atoms with E-state index in [1.54, 1.807) is 0 Å². The average molecular weight is 211 g/mol. The van der Waals surface area contributed by atoms with E-state index in [2.05, 4.69) is 0 Å². The van der Waals surface area contributed by atoms with Gasteiger partial charge in [0.25, 0.3) is 0 Å². The third-order valence-electron chi connectivity index (χ3n) is 3.39. The number of ether oxygens (including phenoxy) is 1. The predicted octanol–water partition coefficient (Wildman–Crippen LogP) is 0.951. The maximum Gasteiger partial charge on any atom is 0.302 e. The van der Waals surface area contributed by atoms with Gasteiger partial charge in [-0.1, -0.05) is 0 Å². The molecule has 0 aromatic rings. The lowest BCUT2D eigenvalue weighted by Gasteiger charge is -2.36. The highest BCUT2D eigenvalue weighted by Gasteiger charge is 2.39. The van der Waals surface area contributed by atoms with E-state index in [9.17, 15) is 9.59 Å². The molecule has 2 saturated heterocycles. The topological polar surface area (TPSA) is 46.6 Å². The quantitative estimate of drug-likeness (QED) is 0.639. The highest BCUT2D eigenvalue weighted by molar-refractivity contribution is 5.79. The zero-order valence-corrected chi connectivity index (χ0v) is 9.07. The number of carbonyl (C=O) groups excluding carboxylic acids is 2. The first-order valence-corrected chi connectivity index (χ1v) is 5.61. The summed E-state index contributed by atoms with van der Waals surface area (Å²) in [7, 11) is 0. The Bertz CT molecular complexity index is 277. The molecule has 2 aliphatic rings. The lowest BCUT2D eigenvalue weighted by molar-refractivity contribution is -0.143. The molecule has 2 heterocycles. The van der Waals surface area contributed by atoms with Crippen LogP contribution in [-0.4, -0.2) is 36.0 Å². The van der Waals surface area contributed by atoms with Gasteiger partial charge in [-0.05, 0) is 19.3 Å². The van der Waals surface area contributed by atoms with Gasteiger partial charge in [0.1, 0.15) is 0 Å². The molecule has 0 aromatic carbocycles. The summed E-state index contributed by atoms with van der Waals surface area (Å²) in [5.41, 5.74) is 0. The molecule has 0 spiro atoms. The molecule has 0 aliphatic carbocycles. The van der Waals surface area contributed by atoms with Crippen molar-refractivity contribution in [1.82, 2.24) is 4.90 Å². The van der Waals surface area contributed by atoms with Crippen molar-refractivity contribution in [2.75, 3.05) is 13.2 Å². The fourth-order valence-electron chi connectivity index (χ4n) is 2.67. The Balaban J connectivity index is 1.94. The van der Waals surface area contributed by atoms with Crippen molar-refractivity contribution in [3.05, 3.63) is 0 Å². The van der Waals surface area contributed by atoms with Crippen LogP contribution in [0.1, 0.15) is 32.6 Å². The summed E-state index contributed by atoms with van der Waals surface area (Å²) in [4.78, 5) is 24.2. The largest absolute Gasteiger partial charge is 0.465 e. The molecule has 0 bridgehead atoms. The Hall–Kier alpha value is -1.06. The maximum absolute atomic E-state index is 11.5. The summed E-state index contributed by atoms with van der Waals surface area (Å²) in [5, 5.41) is 0. The third-order valence-corrected chi connectivity index (χ3v) is 3.39. The van der Waals surface area contributed by atoms with Crippen molar-refractivity contribution in [2.45, 2.75) is 38.6 Å². The van der Waals surface area contributed by atoms with Crippen molar-refractivity contribution >= 4 is 11.9 Å². The second kappa shape index (κ2) is 4.21. The molecule has 2 fully saturated rings. The zero-order chi connectivity index (χ0) is 10.8. The summed E-state index contributed by atoms with van der Waals surface area (Å²) < 4.78 is 5.05. The number of esters is 1. The molecule has 15 heavy (non-hydrogen) atoms. The number of piperidine rings is 1. The van der Waals surface area contributed by atoms with Crippen LogP contribution in [0.2, 0.25) is 0 Å². The van der Waals surface area contributed by atoms with Crippen LogP contribution < -0.4 is 0 Å². The monoisotopic (exact) mass is 211 g/mol. The van der Waals surface area contributed by atoms with Gasteiger partial charge in [-0.15, -0.1) is 0 Å². The van der Waals surface area contributed by atoms with E-state index >= 15 is 0 Å². The smallest absolute Gasteiger partial charge is 0.302 e. The molecule has 2 aliphatic heterocycles. The second-order valence-electron chi connectivity index (χ2n) is 4.40. The maximum atomic E-state index is 11.5. The van der Waals surface area contributed by atoms with Gasteiger partial charge in [-0.25, -0.2) is 0 Å². The van der Waals surface area contributed by atoms with Crippen molar-refractivity contribution < 1.29 is 14.3 Å². The van der Waals surface area contributed by atoms with Gasteiger partial charge in [-0.2, -0.15) is 0 Å². The SMILES string of the molecule is CC(=O)OC[C@H]1CCCN2C(=O)CC[C@H]12. The van der Waals surface area contributed by atoms with Crippen molar-refractivity contribution in [1.29, 1.82) is 0 Å².